The molecule has 3 aromatic rings. The number of aromatic nitrogens is 1. The molecular weight excluding hydrogens is 410 g/mol. The van der Waals surface area contributed by atoms with Crippen molar-refractivity contribution >= 4 is 38.0 Å². The fourth-order valence-corrected chi connectivity index (χ4v) is 5.07. The van der Waals surface area contributed by atoms with Crippen LogP contribution in [0.25, 0.3) is 10.9 Å². The van der Waals surface area contributed by atoms with Crippen LogP contribution in [0.15, 0.2) is 57.6 Å². The van der Waals surface area contributed by atoms with Gasteiger partial charge in [-0.25, -0.2) is 8.42 Å². The number of sulfonamides is 1. The lowest BCUT2D eigenvalue weighted by atomic mass is 10.2. The first-order chi connectivity index (χ1) is 14.3. The number of rotatable bonds is 5. The summed E-state index contributed by atoms with van der Waals surface area (Å²) in [6.07, 6.45) is 1.53. The summed E-state index contributed by atoms with van der Waals surface area (Å²) in [6, 6.07) is 10.7. The topological polar surface area (TPSA) is 130 Å². The monoisotopic (exact) mass is 429 g/mol. The zero-order valence-electron chi connectivity index (χ0n) is 16.1. The predicted octanol–water partition coefficient (Wildman–Crippen LogP) is 3.99. The van der Waals surface area contributed by atoms with Gasteiger partial charge in [-0.2, -0.15) is 4.31 Å². The van der Waals surface area contributed by atoms with Crippen molar-refractivity contribution in [2.45, 2.75) is 17.7 Å². The molecule has 11 heteroatoms. The zero-order valence-corrected chi connectivity index (χ0v) is 16.9. The van der Waals surface area contributed by atoms with Crippen molar-refractivity contribution in [1.82, 2.24) is 8.87 Å². The maximum Gasteiger partial charge on any atom is 0.298 e. The van der Waals surface area contributed by atoms with Crippen LogP contribution in [0.3, 0.4) is 0 Å². The molecule has 1 aliphatic rings. The standard InChI is InChI=1S/C19H19N5O5S/c1-22-16-7-3-2-6-14(16)18(19(22)25)21-20-15-9-8-13(12-17(15)24(26)27)30(28,29)23-10-4-5-11-23/h2-3,6-9,12,25H,4-5,10-11H2,1H3. The molecule has 1 aromatic heterocycles. The Balaban J connectivity index is 1.75. The van der Waals surface area contributed by atoms with Gasteiger partial charge in [0.05, 0.1) is 15.3 Å². The second kappa shape index (κ2) is 7.50. The third-order valence-electron chi connectivity index (χ3n) is 5.15. The lowest BCUT2D eigenvalue weighted by molar-refractivity contribution is -0.384. The average molecular weight is 429 g/mol. The van der Waals surface area contributed by atoms with Crippen LogP contribution in [0.5, 0.6) is 5.88 Å². The summed E-state index contributed by atoms with van der Waals surface area (Å²) < 4.78 is 28.3. The molecule has 0 spiro atoms. The van der Waals surface area contributed by atoms with Gasteiger partial charge in [-0.05, 0) is 31.0 Å². The minimum Gasteiger partial charge on any atom is -0.493 e. The number of benzene rings is 2. The number of nitro benzene ring substituents is 1. The van der Waals surface area contributed by atoms with E-state index in [1.807, 2.05) is 6.07 Å². The van der Waals surface area contributed by atoms with Crippen molar-refractivity contribution in [3.05, 3.63) is 52.6 Å². The number of hydrogen-bond acceptors (Lipinski definition) is 7. The first-order valence-corrected chi connectivity index (χ1v) is 10.7. The van der Waals surface area contributed by atoms with E-state index in [9.17, 15) is 23.6 Å². The minimum absolute atomic E-state index is 0.104. The fourth-order valence-electron chi connectivity index (χ4n) is 3.53. The summed E-state index contributed by atoms with van der Waals surface area (Å²) in [7, 11) is -2.13. The highest BCUT2D eigenvalue weighted by atomic mass is 32.2. The number of para-hydroxylation sites is 1. The van der Waals surface area contributed by atoms with Gasteiger partial charge in [0.15, 0.2) is 11.4 Å². The Morgan fingerprint density at radius 3 is 2.50 bits per heavy atom. The Kier molecular flexibility index (Phi) is 5.00. The van der Waals surface area contributed by atoms with Crippen molar-refractivity contribution in [3.63, 3.8) is 0 Å². The van der Waals surface area contributed by atoms with E-state index in [4.69, 9.17) is 0 Å². The molecule has 0 atom stereocenters. The maximum absolute atomic E-state index is 12.7. The van der Waals surface area contributed by atoms with Gasteiger partial charge >= 0.3 is 0 Å². The number of nitrogens with zero attached hydrogens (tertiary/aromatic N) is 5. The number of nitro groups is 1. The molecule has 1 fully saturated rings. The van der Waals surface area contributed by atoms with E-state index < -0.39 is 20.6 Å². The van der Waals surface area contributed by atoms with Crippen LogP contribution in [-0.2, 0) is 17.1 Å². The van der Waals surface area contributed by atoms with Crippen molar-refractivity contribution in [3.8, 4) is 5.88 Å². The van der Waals surface area contributed by atoms with Crippen LogP contribution in [-0.4, -0.2) is 40.4 Å². The first-order valence-electron chi connectivity index (χ1n) is 9.27. The SMILES string of the molecule is Cn1c(O)c(N=Nc2ccc(S(=O)(=O)N3CCCC3)cc2[N+](=O)[O-])c2ccccc21. The Hall–Kier alpha value is -3.31. The Labute approximate surface area is 172 Å². The summed E-state index contributed by atoms with van der Waals surface area (Å²) >= 11 is 0. The van der Waals surface area contributed by atoms with Crippen LogP contribution in [0.1, 0.15) is 12.8 Å². The van der Waals surface area contributed by atoms with Crippen LogP contribution in [0.2, 0.25) is 0 Å². The van der Waals surface area contributed by atoms with Gasteiger partial charge in [-0.15, -0.1) is 10.2 Å². The van der Waals surface area contributed by atoms with Crippen molar-refractivity contribution in [1.29, 1.82) is 0 Å². The molecule has 0 unspecified atom stereocenters. The van der Waals surface area contributed by atoms with Gasteiger partial charge in [0, 0.05) is 31.6 Å². The minimum atomic E-state index is -3.80. The molecule has 0 bridgehead atoms. The molecule has 1 aliphatic heterocycles. The Morgan fingerprint density at radius 1 is 1.10 bits per heavy atom. The molecule has 2 aromatic carbocycles. The second-order valence-corrected chi connectivity index (χ2v) is 8.91. The molecule has 0 amide bonds. The molecule has 1 N–H and O–H groups in total. The van der Waals surface area contributed by atoms with E-state index in [1.165, 1.54) is 21.0 Å². The molecule has 156 valence electrons. The van der Waals surface area contributed by atoms with Crippen molar-refractivity contribution in [2.75, 3.05) is 13.1 Å². The van der Waals surface area contributed by atoms with Gasteiger partial charge in [-0.3, -0.25) is 10.1 Å². The van der Waals surface area contributed by atoms with E-state index >= 15 is 0 Å². The van der Waals surface area contributed by atoms with E-state index in [0.29, 0.717) is 18.5 Å². The van der Waals surface area contributed by atoms with Gasteiger partial charge < -0.3 is 9.67 Å². The molecule has 2 heterocycles. The van der Waals surface area contributed by atoms with E-state index in [2.05, 4.69) is 10.2 Å². The summed E-state index contributed by atoms with van der Waals surface area (Å²) in [4.78, 5) is 10.7. The second-order valence-electron chi connectivity index (χ2n) is 6.97. The third kappa shape index (κ3) is 3.31. The van der Waals surface area contributed by atoms with Gasteiger partial charge in [0.1, 0.15) is 0 Å². The molecule has 4 rings (SSSR count). The van der Waals surface area contributed by atoms with Crippen LogP contribution in [0, 0.1) is 10.1 Å². The molecule has 10 nitrogen and oxygen atoms in total. The van der Waals surface area contributed by atoms with Gasteiger partial charge in [0.25, 0.3) is 5.69 Å². The molecule has 1 saturated heterocycles. The Morgan fingerprint density at radius 2 is 1.80 bits per heavy atom. The highest BCUT2D eigenvalue weighted by Crippen LogP contribution is 2.40. The van der Waals surface area contributed by atoms with Gasteiger partial charge in [-0.1, -0.05) is 18.2 Å². The first kappa shape index (κ1) is 20.0. The molecule has 0 saturated carbocycles. The zero-order chi connectivity index (χ0) is 21.5. The van der Waals surface area contributed by atoms with Crippen molar-refractivity contribution < 1.29 is 18.4 Å². The highest BCUT2D eigenvalue weighted by Gasteiger charge is 2.29. The van der Waals surface area contributed by atoms with Crippen LogP contribution < -0.4 is 0 Å². The fraction of sp³-hybridized carbons (Fsp3) is 0.263. The molecule has 0 aliphatic carbocycles. The van der Waals surface area contributed by atoms with Gasteiger partial charge in [0.2, 0.25) is 15.9 Å². The number of aryl methyl sites for hydroxylation is 1. The Bertz CT molecular complexity index is 1280. The average Bonchev–Trinajstić information content (AvgIpc) is 3.36. The highest BCUT2D eigenvalue weighted by molar-refractivity contribution is 7.89. The van der Waals surface area contributed by atoms with E-state index in [0.717, 1.165) is 24.4 Å². The molecular formula is C19H19N5O5S. The maximum atomic E-state index is 12.7. The summed E-state index contributed by atoms with van der Waals surface area (Å²) in [5.74, 6) is -0.129. The number of hydrogen-bond donors (Lipinski definition) is 1. The largest absolute Gasteiger partial charge is 0.493 e. The predicted molar refractivity (Wildman–Crippen MR) is 110 cm³/mol. The smallest absolute Gasteiger partial charge is 0.298 e. The number of fused-ring (bicyclic) bond motifs is 1. The lowest BCUT2D eigenvalue weighted by Gasteiger charge is -2.15. The van der Waals surface area contributed by atoms with Crippen molar-refractivity contribution in [2.24, 2.45) is 17.3 Å². The summed E-state index contributed by atoms with van der Waals surface area (Å²) in [5.41, 5.74) is 0.327. The quantitative estimate of drug-likeness (QED) is 0.372. The lowest BCUT2D eigenvalue weighted by Crippen LogP contribution is -2.27. The molecule has 30 heavy (non-hydrogen) atoms. The molecule has 0 radical (unpaired) electrons. The van der Waals surface area contributed by atoms with Crippen LogP contribution in [0.4, 0.5) is 17.1 Å². The normalized spacial score (nSPS) is 15.4. The number of aromatic hydroxyl groups is 1. The van der Waals surface area contributed by atoms with Crippen LogP contribution >= 0.6 is 0 Å². The van der Waals surface area contributed by atoms with E-state index in [1.54, 1.807) is 25.2 Å². The summed E-state index contributed by atoms with van der Waals surface area (Å²) in [6.45, 7) is 0.801. The summed E-state index contributed by atoms with van der Waals surface area (Å²) in [5, 5.41) is 30.5. The van der Waals surface area contributed by atoms with E-state index in [-0.39, 0.29) is 22.2 Å². The number of azo groups is 1. The third-order valence-corrected chi connectivity index (χ3v) is 7.05.